The van der Waals surface area contributed by atoms with Gasteiger partial charge in [0.2, 0.25) is 5.91 Å². The summed E-state index contributed by atoms with van der Waals surface area (Å²) in [6, 6.07) is 6.04. The Morgan fingerprint density at radius 3 is 2.83 bits per heavy atom. The van der Waals surface area contributed by atoms with Gasteiger partial charge in [0.1, 0.15) is 12.4 Å². The average molecular weight is 346 g/mol. The molecule has 1 fully saturated rings. The van der Waals surface area contributed by atoms with Gasteiger partial charge in [-0.25, -0.2) is 9.97 Å². The number of pyridine rings is 1. The molecule has 1 N–H and O–H groups in total. The van der Waals surface area contributed by atoms with Crippen LogP contribution in [0.15, 0.2) is 23.6 Å². The van der Waals surface area contributed by atoms with Crippen LogP contribution in [0.4, 0.5) is 10.9 Å². The van der Waals surface area contributed by atoms with E-state index in [0.29, 0.717) is 5.92 Å². The van der Waals surface area contributed by atoms with Crippen molar-refractivity contribution in [3.05, 3.63) is 35.0 Å². The third-order valence-electron chi connectivity index (χ3n) is 4.16. The number of nitrogens with one attached hydrogen (secondary N) is 1. The lowest BCUT2D eigenvalue weighted by atomic mass is 9.93. The van der Waals surface area contributed by atoms with E-state index in [0.717, 1.165) is 48.3 Å². The van der Waals surface area contributed by atoms with E-state index in [1.54, 1.807) is 18.4 Å². The van der Waals surface area contributed by atoms with Gasteiger partial charge in [0.05, 0.1) is 5.69 Å². The zero-order valence-corrected chi connectivity index (χ0v) is 14.8. The standard InChI is InChI=1S/C17H22N4O2S/c1-12-11-24-17(18-12)20-15-5-3-4-14(19-15)13-6-8-21(9-7-13)16(22)10-23-2/h3-5,11,13H,6-10H2,1-2H3,(H,18,19,20). The van der Waals surface area contributed by atoms with Gasteiger partial charge in [0.15, 0.2) is 5.13 Å². The second-order valence-corrected chi connectivity index (χ2v) is 6.81. The zero-order chi connectivity index (χ0) is 16.9. The number of carbonyl (C=O) groups is 1. The minimum absolute atomic E-state index is 0.0680. The summed E-state index contributed by atoms with van der Waals surface area (Å²) in [7, 11) is 1.55. The number of anilines is 2. The van der Waals surface area contributed by atoms with Gasteiger partial charge in [-0.05, 0) is 31.9 Å². The highest BCUT2D eigenvalue weighted by Crippen LogP contribution is 2.28. The number of piperidine rings is 1. The first kappa shape index (κ1) is 16.9. The van der Waals surface area contributed by atoms with Crippen LogP contribution in [-0.4, -0.2) is 47.6 Å². The highest BCUT2D eigenvalue weighted by molar-refractivity contribution is 7.13. The predicted molar refractivity (Wildman–Crippen MR) is 94.8 cm³/mol. The average Bonchev–Trinajstić information content (AvgIpc) is 3.00. The van der Waals surface area contributed by atoms with Crippen LogP contribution in [0.25, 0.3) is 0 Å². The number of carbonyl (C=O) groups excluding carboxylic acids is 1. The zero-order valence-electron chi connectivity index (χ0n) is 14.0. The van der Waals surface area contributed by atoms with Crippen molar-refractivity contribution in [2.45, 2.75) is 25.7 Å². The van der Waals surface area contributed by atoms with E-state index in [4.69, 9.17) is 9.72 Å². The van der Waals surface area contributed by atoms with Crippen molar-refractivity contribution in [1.29, 1.82) is 0 Å². The molecule has 2 aromatic heterocycles. The van der Waals surface area contributed by atoms with E-state index in [-0.39, 0.29) is 12.5 Å². The lowest BCUT2D eigenvalue weighted by Crippen LogP contribution is -2.39. The smallest absolute Gasteiger partial charge is 0.248 e. The van der Waals surface area contributed by atoms with Crippen LogP contribution >= 0.6 is 11.3 Å². The summed E-state index contributed by atoms with van der Waals surface area (Å²) in [4.78, 5) is 22.9. The molecule has 6 nitrogen and oxygen atoms in total. The Hall–Kier alpha value is -1.99. The molecule has 1 aliphatic rings. The Bertz CT molecular complexity index is 695. The number of hydrogen-bond donors (Lipinski definition) is 1. The molecule has 1 amide bonds. The minimum Gasteiger partial charge on any atom is -0.375 e. The summed E-state index contributed by atoms with van der Waals surface area (Å²) < 4.78 is 4.93. The van der Waals surface area contributed by atoms with Crippen LogP contribution in [0.2, 0.25) is 0 Å². The van der Waals surface area contributed by atoms with Gasteiger partial charge in [-0.15, -0.1) is 11.3 Å². The number of nitrogens with zero attached hydrogens (tertiary/aromatic N) is 3. The quantitative estimate of drug-likeness (QED) is 0.901. The normalized spacial score (nSPS) is 15.5. The molecule has 7 heteroatoms. The SMILES string of the molecule is COCC(=O)N1CCC(c2cccc(Nc3nc(C)cs3)n2)CC1. The maximum Gasteiger partial charge on any atom is 0.248 e. The molecule has 0 spiro atoms. The first-order chi connectivity index (χ1) is 11.7. The third kappa shape index (κ3) is 4.10. The van der Waals surface area contributed by atoms with Crippen molar-refractivity contribution in [1.82, 2.24) is 14.9 Å². The molecule has 3 heterocycles. The molecule has 0 radical (unpaired) electrons. The summed E-state index contributed by atoms with van der Waals surface area (Å²) in [5, 5.41) is 6.13. The van der Waals surface area contributed by atoms with Gasteiger partial charge in [0, 0.05) is 37.2 Å². The van der Waals surface area contributed by atoms with E-state index in [2.05, 4.69) is 16.4 Å². The summed E-state index contributed by atoms with van der Waals surface area (Å²) >= 11 is 1.58. The van der Waals surface area contributed by atoms with Crippen molar-refractivity contribution in [2.24, 2.45) is 0 Å². The number of thiazole rings is 1. The molecule has 3 rings (SSSR count). The third-order valence-corrected chi connectivity index (χ3v) is 5.03. The molecule has 0 unspecified atom stereocenters. The molecule has 0 atom stereocenters. The summed E-state index contributed by atoms with van der Waals surface area (Å²) in [6.07, 6.45) is 1.87. The summed E-state index contributed by atoms with van der Waals surface area (Å²) in [6.45, 7) is 3.66. The number of likely N-dealkylation sites (tertiary alicyclic amines) is 1. The second-order valence-electron chi connectivity index (χ2n) is 5.95. The van der Waals surface area contributed by atoms with Crippen molar-refractivity contribution in [3.8, 4) is 0 Å². The largest absolute Gasteiger partial charge is 0.375 e. The minimum atomic E-state index is 0.0680. The fourth-order valence-electron chi connectivity index (χ4n) is 2.91. The second kappa shape index (κ2) is 7.72. The van der Waals surface area contributed by atoms with Crippen molar-refractivity contribution >= 4 is 28.2 Å². The maximum atomic E-state index is 11.9. The lowest BCUT2D eigenvalue weighted by Gasteiger charge is -2.31. The summed E-state index contributed by atoms with van der Waals surface area (Å²) in [5.41, 5.74) is 2.08. The molecule has 1 saturated heterocycles. The van der Waals surface area contributed by atoms with Crippen molar-refractivity contribution < 1.29 is 9.53 Å². The fraction of sp³-hybridized carbons (Fsp3) is 0.471. The van der Waals surface area contributed by atoms with Crippen LogP contribution in [0.1, 0.15) is 30.1 Å². The molecule has 1 aliphatic heterocycles. The fourth-order valence-corrected chi connectivity index (χ4v) is 3.60. The first-order valence-electron chi connectivity index (χ1n) is 8.08. The van der Waals surface area contributed by atoms with Gasteiger partial charge in [-0.2, -0.15) is 0 Å². The number of hydrogen-bond acceptors (Lipinski definition) is 6. The summed E-state index contributed by atoms with van der Waals surface area (Å²) in [5.74, 6) is 1.27. The maximum absolute atomic E-state index is 11.9. The molecule has 24 heavy (non-hydrogen) atoms. The number of methoxy groups -OCH3 is 1. The highest BCUT2D eigenvalue weighted by atomic mass is 32.1. The van der Waals surface area contributed by atoms with Gasteiger partial charge in [0.25, 0.3) is 0 Å². The van der Waals surface area contributed by atoms with Crippen LogP contribution < -0.4 is 5.32 Å². The Kier molecular flexibility index (Phi) is 5.42. The van der Waals surface area contributed by atoms with E-state index in [1.807, 2.05) is 29.3 Å². The van der Waals surface area contributed by atoms with E-state index in [9.17, 15) is 4.79 Å². The Morgan fingerprint density at radius 1 is 1.38 bits per heavy atom. The van der Waals surface area contributed by atoms with Crippen LogP contribution in [0, 0.1) is 6.92 Å². The van der Waals surface area contributed by atoms with Gasteiger partial charge in [-0.3, -0.25) is 4.79 Å². The molecule has 2 aromatic rings. The molecular weight excluding hydrogens is 324 g/mol. The Morgan fingerprint density at radius 2 is 2.17 bits per heavy atom. The monoisotopic (exact) mass is 346 g/mol. The molecule has 0 aromatic carbocycles. The number of ether oxygens (including phenoxy) is 1. The van der Waals surface area contributed by atoms with Crippen molar-refractivity contribution in [2.75, 3.05) is 32.1 Å². The Balaban J connectivity index is 1.61. The van der Waals surface area contributed by atoms with Crippen LogP contribution in [0.3, 0.4) is 0 Å². The number of amides is 1. The van der Waals surface area contributed by atoms with Gasteiger partial charge in [-0.1, -0.05) is 6.07 Å². The molecule has 128 valence electrons. The van der Waals surface area contributed by atoms with E-state index < -0.39 is 0 Å². The van der Waals surface area contributed by atoms with Gasteiger partial charge < -0.3 is 15.0 Å². The highest BCUT2D eigenvalue weighted by Gasteiger charge is 2.24. The molecule has 0 aliphatic carbocycles. The van der Waals surface area contributed by atoms with E-state index in [1.165, 1.54) is 0 Å². The predicted octanol–water partition coefficient (Wildman–Crippen LogP) is 2.94. The van der Waals surface area contributed by atoms with Gasteiger partial charge >= 0.3 is 0 Å². The number of rotatable bonds is 5. The van der Waals surface area contributed by atoms with Crippen LogP contribution in [0.5, 0.6) is 0 Å². The molecular formula is C17H22N4O2S. The lowest BCUT2D eigenvalue weighted by molar-refractivity contribution is -0.136. The number of aromatic nitrogens is 2. The number of aryl methyl sites for hydroxylation is 1. The van der Waals surface area contributed by atoms with E-state index >= 15 is 0 Å². The Labute approximate surface area is 145 Å². The topological polar surface area (TPSA) is 67.3 Å². The molecule has 0 bridgehead atoms. The molecule has 0 saturated carbocycles. The first-order valence-corrected chi connectivity index (χ1v) is 8.96. The van der Waals surface area contributed by atoms with Crippen LogP contribution in [-0.2, 0) is 9.53 Å². The van der Waals surface area contributed by atoms with Crippen molar-refractivity contribution in [3.63, 3.8) is 0 Å².